The number of carbonyl (C=O) groups is 3. The zero-order valence-electron chi connectivity index (χ0n) is 23.8. The van der Waals surface area contributed by atoms with E-state index in [1.54, 1.807) is 32.1 Å². The molecule has 0 saturated heterocycles. The van der Waals surface area contributed by atoms with Crippen molar-refractivity contribution in [3.63, 3.8) is 0 Å². The van der Waals surface area contributed by atoms with Gasteiger partial charge in [0.1, 0.15) is 6.04 Å². The first-order valence-electron chi connectivity index (χ1n) is 13.5. The van der Waals surface area contributed by atoms with E-state index in [1.807, 2.05) is 74.5 Å². The van der Waals surface area contributed by atoms with Gasteiger partial charge in [0.25, 0.3) is 0 Å². The number of benzene rings is 2. The van der Waals surface area contributed by atoms with E-state index in [1.165, 1.54) is 11.0 Å². The standard InChI is InChI=1S/C32H42N4O3/c1-31(2,33)17-11-14-28(37)36(5)27(23-24-15-16-25-12-7-8-13-26(25)22-24)29(38)35(4)21-20-32(30(39)34-3)18-9-6-10-19-32/h6-16,18,22,27H,17,19-21,23,33H2,1-5H3,(H,34,39)/t27-,32-/m1/s1. The molecule has 0 unspecified atom stereocenters. The minimum atomic E-state index is -0.711. The normalized spacial score (nSPS) is 17.8. The number of carbonyl (C=O) groups excluding carboxylic acids is 3. The minimum absolute atomic E-state index is 0.0723. The summed E-state index contributed by atoms with van der Waals surface area (Å²) in [7, 11) is 5.03. The average molecular weight is 531 g/mol. The highest BCUT2D eigenvalue weighted by atomic mass is 16.2. The molecule has 2 aromatic rings. The van der Waals surface area contributed by atoms with Crippen LogP contribution in [0, 0.1) is 5.41 Å². The number of nitrogens with two attached hydrogens (primary N) is 1. The molecule has 0 aromatic heterocycles. The minimum Gasteiger partial charge on any atom is -0.358 e. The van der Waals surface area contributed by atoms with Crippen LogP contribution in [0.2, 0.25) is 0 Å². The Balaban J connectivity index is 1.83. The molecule has 2 aromatic carbocycles. The first-order chi connectivity index (χ1) is 18.5. The van der Waals surface area contributed by atoms with Gasteiger partial charge in [0.05, 0.1) is 5.41 Å². The number of rotatable bonds is 11. The SMILES string of the molecule is CNC(=O)[C@]1(CCN(C)C(=O)[C@@H](Cc2ccc3ccccc3c2)N(C)C(=O)C=CCC(C)(C)N)C=CC=CC1. The summed E-state index contributed by atoms with van der Waals surface area (Å²) in [6, 6.07) is 13.5. The largest absolute Gasteiger partial charge is 0.358 e. The number of nitrogens with zero attached hydrogens (tertiary/aromatic N) is 2. The molecule has 0 aliphatic heterocycles. The Morgan fingerprint density at radius 3 is 2.46 bits per heavy atom. The fourth-order valence-corrected chi connectivity index (χ4v) is 4.83. The average Bonchev–Trinajstić information content (AvgIpc) is 2.93. The van der Waals surface area contributed by atoms with Crippen LogP contribution in [0.4, 0.5) is 0 Å². The zero-order valence-corrected chi connectivity index (χ0v) is 23.8. The maximum Gasteiger partial charge on any atom is 0.246 e. The summed E-state index contributed by atoms with van der Waals surface area (Å²) in [5.41, 5.74) is 5.89. The number of nitrogens with one attached hydrogen (secondary N) is 1. The highest BCUT2D eigenvalue weighted by molar-refractivity contribution is 5.93. The van der Waals surface area contributed by atoms with Crippen molar-refractivity contribution < 1.29 is 14.4 Å². The van der Waals surface area contributed by atoms with Gasteiger partial charge >= 0.3 is 0 Å². The van der Waals surface area contributed by atoms with Gasteiger partial charge < -0.3 is 20.9 Å². The van der Waals surface area contributed by atoms with E-state index in [0.29, 0.717) is 32.2 Å². The second-order valence-corrected chi connectivity index (χ2v) is 11.2. The summed E-state index contributed by atoms with van der Waals surface area (Å²) in [6.07, 6.45) is 12.9. The molecule has 0 spiro atoms. The summed E-state index contributed by atoms with van der Waals surface area (Å²) >= 11 is 0. The van der Waals surface area contributed by atoms with Crippen molar-refractivity contribution in [2.45, 2.75) is 51.1 Å². The Labute approximate surface area is 232 Å². The van der Waals surface area contributed by atoms with E-state index in [0.717, 1.165) is 16.3 Å². The van der Waals surface area contributed by atoms with Crippen LogP contribution < -0.4 is 11.1 Å². The molecule has 7 heteroatoms. The summed E-state index contributed by atoms with van der Waals surface area (Å²) in [5, 5.41) is 4.96. The Bertz CT molecular complexity index is 1270. The van der Waals surface area contributed by atoms with Crippen molar-refractivity contribution in [1.29, 1.82) is 0 Å². The molecule has 7 nitrogen and oxygen atoms in total. The highest BCUT2D eigenvalue weighted by Crippen LogP contribution is 2.32. The van der Waals surface area contributed by atoms with Crippen LogP contribution in [0.3, 0.4) is 0 Å². The third-order valence-electron chi connectivity index (χ3n) is 7.34. The van der Waals surface area contributed by atoms with E-state index < -0.39 is 17.0 Å². The maximum atomic E-state index is 13.9. The van der Waals surface area contributed by atoms with Gasteiger partial charge in [0.2, 0.25) is 17.7 Å². The number of hydrogen-bond acceptors (Lipinski definition) is 4. The third kappa shape index (κ3) is 7.90. The lowest BCUT2D eigenvalue weighted by atomic mass is 9.77. The van der Waals surface area contributed by atoms with E-state index in [9.17, 15) is 14.4 Å². The lowest BCUT2D eigenvalue weighted by Crippen LogP contribution is -2.50. The summed E-state index contributed by atoms with van der Waals surface area (Å²) < 4.78 is 0. The number of fused-ring (bicyclic) bond motifs is 1. The first-order valence-corrected chi connectivity index (χ1v) is 13.5. The summed E-state index contributed by atoms with van der Waals surface area (Å²) in [6.45, 7) is 4.17. The monoisotopic (exact) mass is 530 g/mol. The van der Waals surface area contributed by atoms with Crippen molar-refractivity contribution in [3.05, 3.63) is 84.5 Å². The quantitative estimate of drug-likeness (QED) is 0.430. The molecule has 39 heavy (non-hydrogen) atoms. The molecule has 1 aliphatic rings. The third-order valence-corrected chi connectivity index (χ3v) is 7.34. The Kier molecular flexibility index (Phi) is 9.86. The fraction of sp³-hybridized carbons (Fsp3) is 0.406. The van der Waals surface area contributed by atoms with E-state index in [4.69, 9.17) is 5.73 Å². The predicted octanol–water partition coefficient (Wildman–Crippen LogP) is 3.99. The molecule has 0 radical (unpaired) electrons. The van der Waals surface area contributed by atoms with Crippen LogP contribution >= 0.6 is 0 Å². The molecular formula is C32H42N4O3. The van der Waals surface area contributed by atoms with Crippen molar-refractivity contribution in [1.82, 2.24) is 15.1 Å². The number of hydrogen-bond donors (Lipinski definition) is 2. The van der Waals surface area contributed by atoms with Crippen LogP contribution in [-0.2, 0) is 20.8 Å². The molecule has 0 heterocycles. The predicted molar refractivity (Wildman–Crippen MR) is 158 cm³/mol. The van der Waals surface area contributed by atoms with Crippen LogP contribution in [-0.4, -0.2) is 66.8 Å². The van der Waals surface area contributed by atoms with Crippen molar-refractivity contribution in [3.8, 4) is 0 Å². The van der Waals surface area contributed by atoms with Crippen molar-refractivity contribution >= 4 is 28.5 Å². The van der Waals surface area contributed by atoms with Gasteiger partial charge in [0.15, 0.2) is 0 Å². The lowest BCUT2D eigenvalue weighted by Gasteiger charge is -2.34. The Hall–Kier alpha value is -3.71. The fourth-order valence-electron chi connectivity index (χ4n) is 4.83. The second kappa shape index (κ2) is 12.9. The van der Waals surface area contributed by atoms with Crippen LogP contribution in [0.15, 0.2) is 78.9 Å². The van der Waals surface area contributed by atoms with Gasteiger partial charge in [-0.15, -0.1) is 0 Å². The van der Waals surface area contributed by atoms with Crippen molar-refractivity contribution in [2.75, 3.05) is 27.7 Å². The van der Waals surface area contributed by atoms with Gasteiger partial charge in [-0.1, -0.05) is 72.8 Å². The zero-order chi connectivity index (χ0) is 28.6. The lowest BCUT2D eigenvalue weighted by molar-refractivity contribution is -0.142. The highest BCUT2D eigenvalue weighted by Gasteiger charge is 2.36. The molecule has 3 amide bonds. The Morgan fingerprint density at radius 1 is 1.10 bits per heavy atom. The number of amides is 3. The molecule has 208 valence electrons. The molecule has 2 atom stereocenters. The molecule has 1 aliphatic carbocycles. The topological polar surface area (TPSA) is 95.7 Å². The molecule has 3 rings (SSSR count). The number of allylic oxidation sites excluding steroid dienone is 3. The first kappa shape index (κ1) is 29.8. The van der Waals surface area contributed by atoms with Gasteiger partial charge in [-0.25, -0.2) is 0 Å². The second-order valence-electron chi connectivity index (χ2n) is 11.2. The van der Waals surface area contributed by atoms with Crippen LogP contribution in [0.25, 0.3) is 10.8 Å². The molecule has 0 fully saturated rings. The Morgan fingerprint density at radius 2 is 1.82 bits per heavy atom. The van der Waals surface area contributed by atoms with Gasteiger partial charge in [-0.2, -0.15) is 0 Å². The van der Waals surface area contributed by atoms with E-state index in [-0.39, 0.29) is 17.7 Å². The van der Waals surface area contributed by atoms with E-state index >= 15 is 0 Å². The molecule has 0 bridgehead atoms. The molecule has 0 saturated carbocycles. The maximum absolute atomic E-state index is 13.9. The van der Waals surface area contributed by atoms with Gasteiger partial charge in [0, 0.05) is 39.6 Å². The van der Waals surface area contributed by atoms with Crippen LogP contribution in [0.1, 0.15) is 38.7 Å². The van der Waals surface area contributed by atoms with Gasteiger partial charge in [-0.05, 0) is 55.5 Å². The molecular weight excluding hydrogens is 488 g/mol. The summed E-state index contributed by atoms with van der Waals surface area (Å²) in [4.78, 5) is 42.9. The summed E-state index contributed by atoms with van der Waals surface area (Å²) in [5.74, 6) is -0.500. The number of likely N-dealkylation sites (N-methyl/N-ethyl adjacent to an activating group) is 2. The van der Waals surface area contributed by atoms with Crippen LogP contribution in [0.5, 0.6) is 0 Å². The smallest absolute Gasteiger partial charge is 0.246 e. The molecule has 3 N–H and O–H groups in total. The van der Waals surface area contributed by atoms with E-state index in [2.05, 4.69) is 11.4 Å². The van der Waals surface area contributed by atoms with Crippen molar-refractivity contribution in [2.24, 2.45) is 11.1 Å². The van der Waals surface area contributed by atoms with Gasteiger partial charge in [-0.3, -0.25) is 14.4 Å².